The predicted molar refractivity (Wildman–Crippen MR) is 133 cm³/mol. The van der Waals surface area contributed by atoms with E-state index < -0.39 is 0 Å². The van der Waals surface area contributed by atoms with E-state index in [9.17, 15) is 9.18 Å². The molecule has 1 aliphatic heterocycles. The number of carbonyl (C=O) groups is 1. The molecule has 2 fully saturated rings. The van der Waals surface area contributed by atoms with E-state index in [2.05, 4.69) is 37.1 Å². The lowest BCUT2D eigenvalue weighted by molar-refractivity contribution is 0.0506. The Morgan fingerprint density at radius 1 is 1.18 bits per heavy atom. The molecule has 0 spiro atoms. The van der Waals surface area contributed by atoms with Crippen LogP contribution in [0.1, 0.15) is 83.6 Å². The average Bonchev–Trinajstić information content (AvgIpc) is 3.27. The zero-order valence-corrected chi connectivity index (χ0v) is 21.2. The quantitative estimate of drug-likeness (QED) is 0.427. The number of piperidine rings is 1. The van der Waals surface area contributed by atoms with Gasteiger partial charge in [0.15, 0.2) is 0 Å². The van der Waals surface area contributed by atoms with Gasteiger partial charge in [0.05, 0.1) is 0 Å². The second-order valence-corrected chi connectivity index (χ2v) is 10.5. The zero-order valence-electron chi connectivity index (χ0n) is 21.2. The SMILES string of the molecule is CCC(C)CC(CC)CN1CCC(C(c2cccc(F)c2)C2CCC[C@@H]2OC(=O)NC)CC1. The molecular formula is C28H45FN2O2. The van der Waals surface area contributed by atoms with Crippen molar-refractivity contribution in [2.45, 2.75) is 84.2 Å². The molecule has 4 unspecified atom stereocenters. The van der Waals surface area contributed by atoms with Gasteiger partial charge in [-0.2, -0.15) is 0 Å². The van der Waals surface area contributed by atoms with E-state index in [1.165, 1.54) is 31.9 Å². The van der Waals surface area contributed by atoms with Gasteiger partial charge in [-0.05, 0) is 93.0 Å². The monoisotopic (exact) mass is 460 g/mol. The highest BCUT2D eigenvalue weighted by atomic mass is 19.1. The molecule has 1 heterocycles. The van der Waals surface area contributed by atoms with Gasteiger partial charge in [0, 0.05) is 19.5 Å². The van der Waals surface area contributed by atoms with Crippen LogP contribution in [0.3, 0.4) is 0 Å². The van der Waals surface area contributed by atoms with E-state index in [0.29, 0.717) is 5.92 Å². The van der Waals surface area contributed by atoms with E-state index in [1.54, 1.807) is 13.1 Å². The third kappa shape index (κ3) is 7.18. The second-order valence-electron chi connectivity index (χ2n) is 10.5. The Morgan fingerprint density at radius 2 is 1.94 bits per heavy atom. The third-order valence-electron chi connectivity index (χ3n) is 8.33. The Hall–Kier alpha value is -1.62. The first-order valence-corrected chi connectivity index (χ1v) is 13.3. The van der Waals surface area contributed by atoms with Crippen LogP contribution >= 0.6 is 0 Å². The normalized spacial score (nSPS) is 24.9. The number of nitrogens with zero attached hydrogens (tertiary/aromatic N) is 1. The van der Waals surface area contributed by atoms with E-state index in [4.69, 9.17) is 4.74 Å². The Bertz CT molecular complexity index is 734. The number of hydrogen-bond donors (Lipinski definition) is 1. The number of halogens is 1. The molecule has 1 saturated carbocycles. The number of amides is 1. The summed E-state index contributed by atoms with van der Waals surface area (Å²) >= 11 is 0. The minimum atomic E-state index is -0.355. The maximum absolute atomic E-state index is 14.2. The molecule has 0 aromatic heterocycles. The number of rotatable bonds is 10. The molecule has 3 rings (SSSR count). The fourth-order valence-corrected chi connectivity index (χ4v) is 6.26. The molecule has 1 N–H and O–H groups in total. The fourth-order valence-electron chi connectivity index (χ4n) is 6.26. The Balaban J connectivity index is 1.70. The second kappa shape index (κ2) is 12.7. The first kappa shape index (κ1) is 26.0. The molecule has 186 valence electrons. The Kier molecular flexibility index (Phi) is 10.0. The standard InChI is InChI=1S/C28H45FN2O2/c1-5-20(3)17-21(6-2)19-31-15-13-22(14-16-31)27(23-9-7-10-24(29)18-23)25-11-8-12-26(25)33-28(32)30-4/h7,9-10,18,20-22,25-27H,5-6,8,11-17,19H2,1-4H3,(H,30,32)/t20?,21?,25?,26-,27?/m0/s1. The third-order valence-corrected chi connectivity index (χ3v) is 8.33. The number of nitrogens with one attached hydrogen (secondary N) is 1. The Morgan fingerprint density at radius 3 is 2.58 bits per heavy atom. The summed E-state index contributed by atoms with van der Waals surface area (Å²) in [6, 6.07) is 7.15. The highest BCUT2D eigenvalue weighted by Gasteiger charge is 2.41. The summed E-state index contributed by atoms with van der Waals surface area (Å²) in [5, 5.41) is 2.60. The number of alkyl carbamates (subject to hydrolysis) is 1. The van der Waals surface area contributed by atoms with Crippen molar-refractivity contribution in [3.8, 4) is 0 Å². The van der Waals surface area contributed by atoms with Crippen LogP contribution in [0.25, 0.3) is 0 Å². The van der Waals surface area contributed by atoms with Crippen LogP contribution in [-0.4, -0.2) is 43.8 Å². The fraction of sp³-hybridized carbons (Fsp3) is 0.750. The topological polar surface area (TPSA) is 41.6 Å². The number of hydrogen-bond acceptors (Lipinski definition) is 3. The highest BCUT2D eigenvalue weighted by molar-refractivity contribution is 5.66. The van der Waals surface area contributed by atoms with Crippen LogP contribution in [0.4, 0.5) is 9.18 Å². The summed E-state index contributed by atoms with van der Waals surface area (Å²) in [7, 11) is 1.61. The predicted octanol–water partition coefficient (Wildman–Crippen LogP) is 6.61. The van der Waals surface area contributed by atoms with Crippen LogP contribution in [0.5, 0.6) is 0 Å². The van der Waals surface area contributed by atoms with Crippen molar-refractivity contribution in [3.63, 3.8) is 0 Å². The molecule has 1 aliphatic carbocycles. The van der Waals surface area contributed by atoms with E-state index in [1.807, 2.05) is 6.07 Å². The van der Waals surface area contributed by atoms with Gasteiger partial charge in [-0.15, -0.1) is 0 Å². The molecule has 1 aromatic rings. The molecule has 5 heteroatoms. The summed E-state index contributed by atoms with van der Waals surface area (Å²) in [5.74, 6) is 2.39. The van der Waals surface area contributed by atoms with Crippen LogP contribution in [0, 0.1) is 29.5 Å². The van der Waals surface area contributed by atoms with Crippen molar-refractivity contribution in [1.82, 2.24) is 10.2 Å². The largest absolute Gasteiger partial charge is 0.446 e. The Labute approximate surface area is 200 Å². The van der Waals surface area contributed by atoms with Crippen molar-refractivity contribution < 1.29 is 13.9 Å². The minimum absolute atomic E-state index is 0.0868. The molecule has 0 bridgehead atoms. The molecule has 2 aliphatic rings. The lowest BCUT2D eigenvalue weighted by Gasteiger charge is -2.41. The van der Waals surface area contributed by atoms with Crippen LogP contribution in [0.2, 0.25) is 0 Å². The lowest BCUT2D eigenvalue weighted by atomic mass is 9.71. The molecule has 1 amide bonds. The van der Waals surface area contributed by atoms with Gasteiger partial charge in [-0.3, -0.25) is 0 Å². The van der Waals surface area contributed by atoms with Gasteiger partial charge in [0.2, 0.25) is 0 Å². The first-order valence-electron chi connectivity index (χ1n) is 13.3. The maximum atomic E-state index is 14.2. The summed E-state index contributed by atoms with van der Waals surface area (Å²) in [4.78, 5) is 14.6. The molecule has 5 atom stereocenters. The van der Waals surface area contributed by atoms with Gasteiger partial charge >= 0.3 is 6.09 Å². The van der Waals surface area contributed by atoms with Crippen molar-refractivity contribution in [2.24, 2.45) is 23.7 Å². The van der Waals surface area contributed by atoms with Crippen molar-refractivity contribution in [2.75, 3.05) is 26.7 Å². The van der Waals surface area contributed by atoms with Crippen molar-refractivity contribution in [3.05, 3.63) is 35.6 Å². The number of ether oxygens (including phenoxy) is 1. The van der Waals surface area contributed by atoms with Gasteiger partial charge < -0.3 is 15.0 Å². The lowest BCUT2D eigenvalue weighted by Crippen LogP contribution is -2.41. The van der Waals surface area contributed by atoms with E-state index in [-0.39, 0.29) is 29.9 Å². The van der Waals surface area contributed by atoms with Gasteiger partial charge in [0.25, 0.3) is 0 Å². The first-order chi connectivity index (χ1) is 15.9. The van der Waals surface area contributed by atoms with Gasteiger partial charge in [-0.1, -0.05) is 45.7 Å². The molecule has 1 saturated heterocycles. The summed E-state index contributed by atoms with van der Waals surface area (Å²) in [5.41, 5.74) is 1.08. The maximum Gasteiger partial charge on any atom is 0.407 e. The van der Waals surface area contributed by atoms with Gasteiger partial charge in [-0.25, -0.2) is 9.18 Å². The highest BCUT2D eigenvalue weighted by Crippen LogP contribution is 2.46. The molecule has 33 heavy (non-hydrogen) atoms. The average molecular weight is 461 g/mol. The summed E-state index contributed by atoms with van der Waals surface area (Å²) in [6.45, 7) is 10.4. The molecule has 1 aromatic carbocycles. The van der Waals surface area contributed by atoms with Crippen molar-refractivity contribution >= 4 is 6.09 Å². The van der Waals surface area contributed by atoms with Crippen LogP contribution < -0.4 is 5.32 Å². The van der Waals surface area contributed by atoms with Gasteiger partial charge in [0.1, 0.15) is 11.9 Å². The van der Waals surface area contributed by atoms with Crippen LogP contribution in [0.15, 0.2) is 24.3 Å². The molecule has 4 nitrogen and oxygen atoms in total. The zero-order chi connectivity index (χ0) is 23.8. The minimum Gasteiger partial charge on any atom is -0.446 e. The van der Waals surface area contributed by atoms with Crippen molar-refractivity contribution in [1.29, 1.82) is 0 Å². The van der Waals surface area contributed by atoms with E-state index in [0.717, 1.165) is 62.6 Å². The molecular weight excluding hydrogens is 415 g/mol. The van der Waals surface area contributed by atoms with E-state index >= 15 is 0 Å². The summed E-state index contributed by atoms with van der Waals surface area (Å²) in [6.07, 6.45) is 8.64. The summed E-state index contributed by atoms with van der Waals surface area (Å²) < 4.78 is 20.0. The van der Waals surface area contributed by atoms with Crippen LogP contribution in [-0.2, 0) is 4.74 Å². The number of likely N-dealkylation sites (tertiary alicyclic amines) is 1. The smallest absolute Gasteiger partial charge is 0.407 e. The number of carbonyl (C=O) groups excluding carboxylic acids is 1. The number of benzene rings is 1. The molecule has 0 radical (unpaired) electrons.